The fourth-order valence-electron chi connectivity index (χ4n) is 0.725. The Kier molecular flexibility index (Phi) is 4.96. The first-order valence-corrected chi connectivity index (χ1v) is 5.30. The third-order valence-corrected chi connectivity index (χ3v) is 4.20. The third-order valence-electron chi connectivity index (χ3n) is 1.94. The molecular weight excluding hydrogens is 144 g/mol. The minimum absolute atomic E-state index is 0.370. The Morgan fingerprint density at radius 2 is 1.40 bits per heavy atom. The van der Waals surface area contributed by atoms with Crippen molar-refractivity contribution < 1.29 is 4.21 Å². The molecule has 0 aromatic rings. The van der Waals surface area contributed by atoms with Gasteiger partial charge in [0.1, 0.15) is 0 Å². The minimum atomic E-state index is -0.610. The first-order valence-electron chi connectivity index (χ1n) is 4.02. The van der Waals surface area contributed by atoms with Crippen molar-refractivity contribution in [2.24, 2.45) is 0 Å². The summed E-state index contributed by atoms with van der Waals surface area (Å²) >= 11 is 0. The van der Waals surface area contributed by atoms with Crippen LogP contribution in [0.2, 0.25) is 0 Å². The third kappa shape index (κ3) is 2.82. The van der Waals surface area contributed by atoms with Gasteiger partial charge in [0.15, 0.2) is 0 Å². The lowest BCUT2D eigenvalue weighted by Gasteiger charge is -2.13. The largest absolute Gasteiger partial charge is 0.259 e. The molecule has 0 saturated heterocycles. The van der Waals surface area contributed by atoms with E-state index in [4.69, 9.17) is 0 Å². The van der Waals surface area contributed by atoms with Gasteiger partial charge in [0.25, 0.3) is 0 Å². The molecule has 10 heavy (non-hydrogen) atoms. The van der Waals surface area contributed by atoms with Crippen LogP contribution < -0.4 is 0 Å². The van der Waals surface area contributed by atoms with E-state index in [0.29, 0.717) is 10.5 Å². The number of rotatable bonds is 4. The van der Waals surface area contributed by atoms with Crippen LogP contribution in [0.4, 0.5) is 0 Å². The average Bonchev–Trinajstić information content (AvgIpc) is 2.00. The lowest BCUT2D eigenvalue weighted by atomic mass is 10.4. The summed E-state index contributed by atoms with van der Waals surface area (Å²) in [6.45, 7) is 8.29. The van der Waals surface area contributed by atoms with Gasteiger partial charge in [0, 0.05) is 21.3 Å². The Hall–Kier alpha value is 0.150. The first kappa shape index (κ1) is 10.2. The van der Waals surface area contributed by atoms with Crippen LogP contribution in [0, 0.1) is 0 Å². The lowest BCUT2D eigenvalue weighted by molar-refractivity contribution is 0.656. The molecule has 0 aliphatic heterocycles. The molecule has 0 N–H and O–H groups in total. The van der Waals surface area contributed by atoms with Gasteiger partial charge in [-0.05, 0) is 12.8 Å². The maximum absolute atomic E-state index is 11.4. The molecular formula is C8H18OS. The molecule has 2 unspecified atom stereocenters. The zero-order chi connectivity index (χ0) is 8.15. The smallest absolute Gasteiger partial charge is 0.0319 e. The van der Waals surface area contributed by atoms with E-state index in [1.54, 1.807) is 0 Å². The van der Waals surface area contributed by atoms with Gasteiger partial charge >= 0.3 is 0 Å². The summed E-state index contributed by atoms with van der Waals surface area (Å²) in [4.78, 5) is 0. The van der Waals surface area contributed by atoms with Crippen molar-refractivity contribution in [1.29, 1.82) is 0 Å². The summed E-state index contributed by atoms with van der Waals surface area (Å²) in [7, 11) is -0.610. The van der Waals surface area contributed by atoms with Gasteiger partial charge in [-0.25, -0.2) is 0 Å². The lowest BCUT2D eigenvalue weighted by Crippen LogP contribution is -2.19. The molecule has 0 rings (SSSR count). The van der Waals surface area contributed by atoms with E-state index in [0.717, 1.165) is 12.8 Å². The first-order chi connectivity index (χ1) is 4.63. The maximum Gasteiger partial charge on any atom is 0.0319 e. The van der Waals surface area contributed by atoms with Crippen LogP contribution in [0.25, 0.3) is 0 Å². The molecule has 0 aliphatic rings. The summed E-state index contributed by atoms with van der Waals surface area (Å²) in [6, 6.07) is 0. The fraction of sp³-hybridized carbons (Fsp3) is 1.00. The van der Waals surface area contributed by atoms with Crippen LogP contribution >= 0.6 is 0 Å². The zero-order valence-corrected chi connectivity index (χ0v) is 8.20. The van der Waals surface area contributed by atoms with Crippen molar-refractivity contribution in [2.45, 2.75) is 51.0 Å². The summed E-state index contributed by atoms with van der Waals surface area (Å²) in [6.07, 6.45) is 2.05. The van der Waals surface area contributed by atoms with Gasteiger partial charge in [-0.3, -0.25) is 4.21 Å². The van der Waals surface area contributed by atoms with E-state index in [1.807, 2.05) is 0 Å². The van der Waals surface area contributed by atoms with Crippen LogP contribution in [0.5, 0.6) is 0 Å². The summed E-state index contributed by atoms with van der Waals surface area (Å²) in [5.41, 5.74) is 0. The molecule has 0 aliphatic carbocycles. The van der Waals surface area contributed by atoms with Crippen molar-refractivity contribution in [2.75, 3.05) is 0 Å². The summed E-state index contributed by atoms with van der Waals surface area (Å²) in [5, 5.41) is 0.741. The molecule has 0 aromatic heterocycles. The predicted octanol–water partition coefficient (Wildman–Crippen LogP) is 2.33. The fourth-order valence-corrected chi connectivity index (χ4v) is 2.18. The second kappa shape index (κ2) is 4.89. The summed E-state index contributed by atoms with van der Waals surface area (Å²) in [5.74, 6) is 0. The minimum Gasteiger partial charge on any atom is -0.259 e. The number of hydrogen-bond acceptors (Lipinski definition) is 1. The van der Waals surface area contributed by atoms with Crippen LogP contribution in [0.3, 0.4) is 0 Å². The molecule has 0 saturated carbocycles. The molecule has 62 valence electrons. The van der Waals surface area contributed by atoms with E-state index in [1.165, 1.54) is 0 Å². The average molecular weight is 162 g/mol. The highest BCUT2D eigenvalue weighted by atomic mass is 32.2. The standard InChI is InChI=1S/C8H18OS/c1-5-7(3)10(9)8(4)6-2/h7-8H,5-6H2,1-4H3. The van der Waals surface area contributed by atoms with Crippen LogP contribution in [0.1, 0.15) is 40.5 Å². The van der Waals surface area contributed by atoms with Crippen LogP contribution in [0.15, 0.2) is 0 Å². The van der Waals surface area contributed by atoms with Crippen molar-refractivity contribution in [3.8, 4) is 0 Å². The topological polar surface area (TPSA) is 17.1 Å². The molecule has 2 heteroatoms. The van der Waals surface area contributed by atoms with Gasteiger partial charge in [-0.2, -0.15) is 0 Å². The molecule has 0 radical (unpaired) electrons. The molecule has 1 nitrogen and oxygen atoms in total. The highest BCUT2D eigenvalue weighted by molar-refractivity contribution is 7.86. The molecule has 0 heterocycles. The predicted molar refractivity (Wildman–Crippen MR) is 47.6 cm³/mol. The second-order valence-corrected chi connectivity index (χ2v) is 5.03. The molecule has 0 fully saturated rings. The van der Waals surface area contributed by atoms with Gasteiger partial charge in [-0.1, -0.05) is 27.7 Å². The van der Waals surface area contributed by atoms with Gasteiger partial charge in [0.05, 0.1) is 0 Å². The Balaban J connectivity index is 3.82. The normalized spacial score (nSPS) is 20.0. The Labute approximate surface area is 66.7 Å². The van der Waals surface area contributed by atoms with Gasteiger partial charge in [-0.15, -0.1) is 0 Å². The van der Waals surface area contributed by atoms with Gasteiger partial charge < -0.3 is 0 Å². The van der Waals surface area contributed by atoms with E-state index >= 15 is 0 Å². The number of hydrogen-bond donors (Lipinski definition) is 0. The molecule has 2 atom stereocenters. The SMILES string of the molecule is CCC(C)S(=O)C(C)CC. The van der Waals surface area contributed by atoms with E-state index < -0.39 is 10.8 Å². The Bertz CT molecular complexity index is 99.8. The van der Waals surface area contributed by atoms with E-state index in [9.17, 15) is 4.21 Å². The second-order valence-electron chi connectivity index (χ2n) is 2.77. The van der Waals surface area contributed by atoms with Crippen molar-refractivity contribution in [1.82, 2.24) is 0 Å². The maximum atomic E-state index is 11.4. The highest BCUT2D eigenvalue weighted by Crippen LogP contribution is 2.09. The highest BCUT2D eigenvalue weighted by Gasteiger charge is 2.13. The Morgan fingerprint density at radius 3 is 1.60 bits per heavy atom. The van der Waals surface area contributed by atoms with Crippen molar-refractivity contribution in [3.63, 3.8) is 0 Å². The van der Waals surface area contributed by atoms with Gasteiger partial charge in [0.2, 0.25) is 0 Å². The van der Waals surface area contributed by atoms with Crippen molar-refractivity contribution >= 4 is 10.8 Å². The summed E-state index contributed by atoms with van der Waals surface area (Å²) < 4.78 is 11.4. The van der Waals surface area contributed by atoms with Crippen molar-refractivity contribution in [3.05, 3.63) is 0 Å². The van der Waals surface area contributed by atoms with Crippen LogP contribution in [-0.4, -0.2) is 14.7 Å². The molecule has 0 bridgehead atoms. The molecule has 0 aromatic carbocycles. The monoisotopic (exact) mass is 162 g/mol. The van der Waals surface area contributed by atoms with Crippen LogP contribution in [-0.2, 0) is 10.8 Å². The quantitative estimate of drug-likeness (QED) is 0.620. The zero-order valence-electron chi connectivity index (χ0n) is 7.39. The molecule has 0 amide bonds. The van der Waals surface area contributed by atoms with E-state index in [2.05, 4.69) is 27.7 Å². The van der Waals surface area contributed by atoms with E-state index in [-0.39, 0.29) is 0 Å². The Morgan fingerprint density at radius 1 is 1.10 bits per heavy atom. The molecule has 0 spiro atoms.